The number of carbonyl (C=O) groups is 1. The van der Waals surface area contributed by atoms with Crippen LogP contribution in [0.3, 0.4) is 0 Å². The molecule has 1 aliphatic rings. The Morgan fingerprint density at radius 2 is 2.17 bits per heavy atom. The summed E-state index contributed by atoms with van der Waals surface area (Å²) in [6, 6.07) is 2.93. The van der Waals surface area contributed by atoms with Crippen LogP contribution in [-0.4, -0.2) is 44.2 Å². The Morgan fingerprint density at radius 1 is 1.34 bits per heavy atom. The van der Waals surface area contributed by atoms with E-state index in [2.05, 4.69) is 50.0 Å². The normalized spacial score (nSPS) is 12.9. The van der Waals surface area contributed by atoms with Crippen molar-refractivity contribution in [1.29, 1.82) is 0 Å². The van der Waals surface area contributed by atoms with Gasteiger partial charge in [-0.25, -0.2) is 14.4 Å². The summed E-state index contributed by atoms with van der Waals surface area (Å²) in [5.41, 5.74) is 3.32. The quantitative estimate of drug-likeness (QED) is 0.436. The lowest BCUT2D eigenvalue weighted by Crippen LogP contribution is -2.32. The first kappa shape index (κ1) is 25.5. The first-order valence-corrected chi connectivity index (χ1v) is 11.7. The number of terminal acetylenes is 1. The third-order valence-corrected chi connectivity index (χ3v) is 5.95. The highest BCUT2D eigenvalue weighted by Crippen LogP contribution is 2.30. The molecule has 180 valence electrons. The Kier molecular flexibility index (Phi) is 9.03. The molecule has 0 aromatic carbocycles. The van der Waals surface area contributed by atoms with E-state index in [4.69, 9.17) is 0 Å². The fourth-order valence-electron chi connectivity index (χ4n) is 3.43. The lowest BCUT2D eigenvalue weighted by atomic mass is 10.2. The number of aromatic nitrogens is 4. The maximum Gasteiger partial charge on any atom is 0.265 e. The number of anilines is 1. The molecule has 0 aliphatic carbocycles. The Morgan fingerprint density at radius 3 is 2.89 bits per heavy atom. The van der Waals surface area contributed by atoms with Crippen molar-refractivity contribution in [1.82, 2.24) is 24.8 Å². The van der Waals surface area contributed by atoms with E-state index in [-0.39, 0.29) is 17.4 Å². The van der Waals surface area contributed by atoms with E-state index >= 15 is 0 Å². The minimum absolute atomic E-state index is 0.101. The second-order valence-corrected chi connectivity index (χ2v) is 8.45. The molecule has 0 bridgehead atoms. The molecule has 0 saturated heterocycles. The van der Waals surface area contributed by atoms with Gasteiger partial charge in [-0.15, -0.1) is 12.8 Å². The number of aliphatic imine (C=N–C) groups is 1. The SMILES string of the molecule is C#C.C=Cc1ncn(CCNC(=O)C2=NCCC2)c1/C=C(\C)Nc1ncc(-c2ncccc2F)s1. The third-order valence-electron chi connectivity index (χ3n) is 5.03. The van der Waals surface area contributed by atoms with Crippen LogP contribution in [0, 0.1) is 18.7 Å². The minimum Gasteiger partial charge on any atom is -0.349 e. The van der Waals surface area contributed by atoms with Gasteiger partial charge in [0.05, 0.1) is 28.3 Å². The van der Waals surface area contributed by atoms with Gasteiger partial charge in [0.1, 0.15) is 11.5 Å². The highest BCUT2D eigenvalue weighted by atomic mass is 32.1. The van der Waals surface area contributed by atoms with Crippen molar-refractivity contribution in [2.24, 2.45) is 4.99 Å². The van der Waals surface area contributed by atoms with E-state index in [1.54, 1.807) is 30.9 Å². The Hall–Kier alpha value is -4.10. The zero-order valence-electron chi connectivity index (χ0n) is 19.4. The van der Waals surface area contributed by atoms with Crippen LogP contribution in [0.5, 0.6) is 0 Å². The molecule has 0 spiro atoms. The molecule has 10 heteroatoms. The van der Waals surface area contributed by atoms with Gasteiger partial charge in [-0.05, 0) is 44.1 Å². The molecule has 1 aliphatic heterocycles. The van der Waals surface area contributed by atoms with Crippen molar-refractivity contribution < 1.29 is 9.18 Å². The van der Waals surface area contributed by atoms with Crippen LogP contribution in [0.4, 0.5) is 9.52 Å². The highest BCUT2D eigenvalue weighted by molar-refractivity contribution is 7.18. The maximum atomic E-state index is 14.0. The van der Waals surface area contributed by atoms with E-state index in [0.717, 1.165) is 36.5 Å². The van der Waals surface area contributed by atoms with Gasteiger partial charge in [0.25, 0.3) is 5.91 Å². The van der Waals surface area contributed by atoms with E-state index in [9.17, 15) is 9.18 Å². The fraction of sp³-hybridized carbons (Fsp3) is 0.240. The van der Waals surface area contributed by atoms with Gasteiger partial charge < -0.3 is 15.2 Å². The first-order valence-electron chi connectivity index (χ1n) is 10.9. The molecule has 4 heterocycles. The number of carbonyl (C=O) groups excluding carboxylic acids is 1. The maximum absolute atomic E-state index is 14.0. The molecule has 3 aromatic heterocycles. The van der Waals surface area contributed by atoms with Crippen LogP contribution in [0.25, 0.3) is 22.7 Å². The fourth-order valence-corrected chi connectivity index (χ4v) is 4.31. The zero-order chi connectivity index (χ0) is 25.2. The van der Waals surface area contributed by atoms with Crippen LogP contribution in [0.1, 0.15) is 31.2 Å². The number of imidazole rings is 1. The Balaban J connectivity index is 0.00000167. The number of pyridine rings is 1. The van der Waals surface area contributed by atoms with Gasteiger partial charge in [0.15, 0.2) is 5.13 Å². The average Bonchev–Trinajstić information content (AvgIpc) is 3.63. The van der Waals surface area contributed by atoms with Gasteiger partial charge in [-0.3, -0.25) is 14.8 Å². The van der Waals surface area contributed by atoms with Gasteiger partial charge >= 0.3 is 0 Å². The monoisotopic (exact) mass is 491 g/mol. The first-order chi connectivity index (χ1) is 17.0. The molecule has 1 amide bonds. The van der Waals surface area contributed by atoms with Crippen LogP contribution in [0.2, 0.25) is 0 Å². The number of rotatable bonds is 9. The highest BCUT2D eigenvalue weighted by Gasteiger charge is 2.15. The summed E-state index contributed by atoms with van der Waals surface area (Å²) >= 11 is 1.32. The molecule has 2 N–H and O–H groups in total. The van der Waals surface area contributed by atoms with E-state index in [0.29, 0.717) is 28.8 Å². The average molecular weight is 492 g/mol. The summed E-state index contributed by atoms with van der Waals surface area (Å²) in [4.78, 5) is 29.8. The number of hydrogen-bond donors (Lipinski definition) is 2. The molecule has 0 atom stereocenters. The summed E-state index contributed by atoms with van der Waals surface area (Å²) < 4.78 is 16.0. The predicted molar refractivity (Wildman–Crippen MR) is 139 cm³/mol. The van der Waals surface area contributed by atoms with Crippen molar-refractivity contribution in [2.45, 2.75) is 26.3 Å². The van der Waals surface area contributed by atoms with Crippen LogP contribution >= 0.6 is 11.3 Å². The van der Waals surface area contributed by atoms with Crippen molar-refractivity contribution in [3.8, 4) is 23.4 Å². The number of nitrogens with one attached hydrogen (secondary N) is 2. The van der Waals surface area contributed by atoms with E-state index < -0.39 is 0 Å². The van der Waals surface area contributed by atoms with Crippen molar-refractivity contribution in [3.05, 3.63) is 60.3 Å². The third kappa shape index (κ3) is 6.49. The van der Waals surface area contributed by atoms with Crippen molar-refractivity contribution in [3.63, 3.8) is 0 Å². The summed E-state index contributed by atoms with van der Waals surface area (Å²) in [5.74, 6) is -0.484. The molecule has 4 rings (SSSR count). The van der Waals surface area contributed by atoms with Gasteiger partial charge in [0.2, 0.25) is 0 Å². The summed E-state index contributed by atoms with van der Waals surface area (Å²) in [7, 11) is 0. The molecule has 35 heavy (non-hydrogen) atoms. The van der Waals surface area contributed by atoms with Crippen molar-refractivity contribution in [2.75, 3.05) is 18.4 Å². The second-order valence-electron chi connectivity index (χ2n) is 7.42. The van der Waals surface area contributed by atoms with Crippen LogP contribution in [-0.2, 0) is 11.3 Å². The number of halogens is 1. The number of amides is 1. The van der Waals surface area contributed by atoms with Crippen LogP contribution < -0.4 is 10.6 Å². The minimum atomic E-state index is -0.383. The summed E-state index contributed by atoms with van der Waals surface area (Å²) in [6.45, 7) is 7.49. The van der Waals surface area contributed by atoms with E-state index in [1.165, 1.54) is 17.4 Å². The predicted octanol–water partition coefficient (Wildman–Crippen LogP) is 4.26. The van der Waals surface area contributed by atoms with Crippen LogP contribution in [0.15, 0.2) is 48.1 Å². The molecule has 0 unspecified atom stereocenters. The molecule has 3 aromatic rings. The topological polar surface area (TPSA) is 97.1 Å². The van der Waals surface area contributed by atoms with Gasteiger partial charge in [-0.1, -0.05) is 17.9 Å². The largest absolute Gasteiger partial charge is 0.349 e. The lowest BCUT2D eigenvalue weighted by Gasteiger charge is -2.09. The Bertz CT molecular complexity index is 1270. The summed E-state index contributed by atoms with van der Waals surface area (Å²) in [6.07, 6.45) is 18.2. The van der Waals surface area contributed by atoms with Crippen molar-refractivity contribution >= 4 is 40.2 Å². The molecule has 8 nitrogen and oxygen atoms in total. The number of hydrogen-bond acceptors (Lipinski definition) is 7. The van der Waals surface area contributed by atoms with Gasteiger partial charge in [0, 0.05) is 37.7 Å². The zero-order valence-corrected chi connectivity index (χ0v) is 20.2. The molecule has 0 fully saturated rings. The lowest BCUT2D eigenvalue weighted by molar-refractivity contribution is -0.114. The van der Waals surface area contributed by atoms with Gasteiger partial charge in [-0.2, -0.15) is 0 Å². The smallest absolute Gasteiger partial charge is 0.265 e. The number of nitrogens with zero attached hydrogens (tertiary/aromatic N) is 5. The molecular formula is C25H26FN7OS. The molecular weight excluding hydrogens is 465 g/mol. The molecule has 0 saturated carbocycles. The summed E-state index contributed by atoms with van der Waals surface area (Å²) in [5, 5.41) is 6.78. The van der Waals surface area contributed by atoms with E-state index in [1.807, 2.05) is 17.6 Å². The second kappa shape index (κ2) is 12.4. The molecule has 0 radical (unpaired) electrons. The number of thiazole rings is 1. The Labute approximate surface area is 207 Å². The standard InChI is InChI=1S/C23H24FN7OS.C2H2/c1-3-17-19(31(14-29-17)11-10-27-22(32)18-7-5-8-25-18)12-15(2)30-23-28-13-20(33-23)21-16(24)6-4-9-26-21;1-2/h3-4,6,9,12-14H,1,5,7-8,10-11H2,2H3,(H,27,32)(H,28,30);1-2H/b15-12+;. The number of allylic oxidation sites excluding steroid dienone is 1.